The molecule has 2 heterocycles. The molecule has 1 amide bonds. The second-order valence-electron chi connectivity index (χ2n) is 7.71. The molecule has 0 spiro atoms. The number of H-pyrrole nitrogens is 1. The zero-order valence-corrected chi connectivity index (χ0v) is 18.0. The molecule has 0 unspecified atom stereocenters. The van der Waals surface area contributed by atoms with Gasteiger partial charge in [0.1, 0.15) is 10.7 Å². The van der Waals surface area contributed by atoms with Crippen molar-refractivity contribution in [1.29, 1.82) is 0 Å². The van der Waals surface area contributed by atoms with Gasteiger partial charge in [-0.2, -0.15) is 0 Å². The van der Waals surface area contributed by atoms with E-state index in [0.29, 0.717) is 30.1 Å². The molecule has 4 rings (SSSR count). The number of halogens is 1. The minimum absolute atomic E-state index is 0.000485. The Kier molecular flexibility index (Phi) is 6.01. The van der Waals surface area contributed by atoms with Gasteiger partial charge in [-0.3, -0.25) is 9.59 Å². The summed E-state index contributed by atoms with van der Waals surface area (Å²) in [4.78, 5) is 34.6. The van der Waals surface area contributed by atoms with Crippen LogP contribution in [0.4, 0.5) is 0 Å². The van der Waals surface area contributed by atoms with Gasteiger partial charge in [0.15, 0.2) is 0 Å². The van der Waals surface area contributed by atoms with Crippen molar-refractivity contribution in [2.75, 3.05) is 0 Å². The number of hydrogen-bond donors (Lipinski definition) is 2. The molecule has 1 aliphatic rings. The predicted octanol–water partition coefficient (Wildman–Crippen LogP) is 4.20. The SMILES string of the molecule is C[C@@H](Cc1cccc(Cl)c1)NC(=O)CCc1nc2sc3c(c2c(=O)[nH]1)CCCC3. The summed E-state index contributed by atoms with van der Waals surface area (Å²) in [5.41, 5.74) is 2.20. The van der Waals surface area contributed by atoms with Gasteiger partial charge in [0.2, 0.25) is 5.91 Å². The molecule has 3 aromatic rings. The Morgan fingerprint density at radius 2 is 2.17 bits per heavy atom. The van der Waals surface area contributed by atoms with Crippen molar-refractivity contribution < 1.29 is 4.79 Å². The van der Waals surface area contributed by atoms with E-state index in [2.05, 4.69) is 15.3 Å². The van der Waals surface area contributed by atoms with Gasteiger partial charge in [-0.15, -0.1) is 11.3 Å². The number of fused-ring (bicyclic) bond motifs is 3. The zero-order valence-electron chi connectivity index (χ0n) is 16.4. The Labute approximate surface area is 178 Å². The first kappa shape index (κ1) is 20.1. The number of benzene rings is 1. The van der Waals surface area contributed by atoms with Crippen LogP contribution in [0.5, 0.6) is 0 Å². The van der Waals surface area contributed by atoms with Crippen molar-refractivity contribution in [3.05, 3.63) is 61.5 Å². The number of rotatable bonds is 6. The van der Waals surface area contributed by atoms with Gasteiger partial charge in [-0.05, 0) is 62.3 Å². The number of carbonyl (C=O) groups is 1. The fraction of sp³-hybridized carbons (Fsp3) is 0.409. The van der Waals surface area contributed by atoms with E-state index >= 15 is 0 Å². The number of aromatic nitrogens is 2. The summed E-state index contributed by atoms with van der Waals surface area (Å²) in [6.45, 7) is 1.97. The van der Waals surface area contributed by atoms with Crippen LogP contribution >= 0.6 is 22.9 Å². The summed E-state index contributed by atoms with van der Waals surface area (Å²) >= 11 is 7.65. The number of hydrogen-bond acceptors (Lipinski definition) is 4. The molecule has 7 heteroatoms. The number of aromatic amines is 1. The Morgan fingerprint density at radius 1 is 1.34 bits per heavy atom. The highest BCUT2D eigenvalue weighted by atomic mass is 35.5. The number of aryl methyl sites for hydroxylation is 3. The van der Waals surface area contributed by atoms with Crippen molar-refractivity contribution >= 4 is 39.1 Å². The molecule has 2 N–H and O–H groups in total. The molecular formula is C22H24ClN3O2S. The first-order valence-corrected chi connectivity index (χ1v) is 11.3. The molecule has 1 aliphatic carbocycles. The second-order valence-corrected chi connectivity index (χ2v) is 9.23. The Bertz CT molecular complexity index is 1110. The lowest BCUT2D eigenvalue weighted by Gasteiger charge is -2.14. The summed E-state index contributed by atoms with van der Waals surface area (Å²) in [7, 11) is 0. The zero-order chi connectivity index (χ0) is 20.4. The third-order valence-corrected chi connectivity index (χ3v) is 6.72. The summed E-state index contributed by atoms with van der Waals surface area (Å²) in [5.74, 6) is 0.534. The van der Waals surface area contributed by atoms with Crippen molar-refractivity contribution in [2.45, 2.75) is 57.9 Å². The van der Waals surface area contributed by atoms with E-state index in [-0.39, 0.29) is 17.5 Å². The van der Waals surface area contributed by atoms with Crippen LogP contribution in [-0.4, -0.2) is 21.9 Å². The van der Waals surface area contributed by atoms with Crippen molar-refractivity contribution in [1.82, 2.24) is 15.3 Å². The maximum Gasteiger partial charge on any atom is 0.259 e. The molecule has 5 nitrogen and oxygen atoms in total. The molecule has 0 fully saturated rings. The maximum atomic E-state index is 12.6. The molecule has 152 valence electrons. The van der Waals surface area contributed by atoms with Gasteiger partial charge < -0.3 is 10.3 Å². The normalized spacial score (nSPS) is 14.6. The molecular weight excluding hydrogens is 406 g/mol. The summed E-state index contributed by atoms with van der Waals surface area (Å²) in [6.07, 6.45) is 5.74. The van der Waals surface area contributed by atoms with Gasteiger partial charge in [0.05, 0.1) is 5.39 Å². The van der Waals surface area contributed by atoms with Crippen molar-refractivity contribution in [3.63, 3.8) is 0 Å². The first-order chi connectivity index (χ1) is 14.0. The first-order valence-electron chi connectivity index (χ1n) is 10.1. The Morgan fingerprint density at radius 3 is 3.00 bits per heavy atom. The van der Waals surface area contributed by atoms with E-state index in [4.69, 9.17) is 11.6 Å². The minimum atomic E-state index is -0.0702. The standard InChI is InChI=1S/C22H24ClN3O2S/c1-13(11-14-5-4-6-15(23)12-14)24-19(27)10-9-18-25-21(28)20-16-7-2-3-8-17(16)29-22(20)26-18/h4-6,12-13H,2-3,7-11H2,1H3,(H,24,27)(H,25,26,28)/t13-/m0/s1. The quantitative estimate of drug-likeness (QED) is 0.616. The van der Waals surface area contributed by atoms with Crippen molar-refractivity contribution in [2.24, 2.45) is 0 Å². The summed E-state index contributed by atoms with van der Waals surface area (Å²) < 4.78 is 0. The lowest BCUT2D eigenvalue weighted by atomic mass is 9.97. The van der Waals surface area contributed by atoms with E-state index in [0.717, 1.165) is 35.0 Å². The van der Waals surface area contributed by atoms with Crippen LogP contribution < -0.4 is 10.9 Å². The largest absolute Gasteiger partial charge is 0.353 e. The van der Waals surface area contributed by atoms with Crippen LogP contribution in [0.1, 0.15) is 48.0 Å². The molecule has 0 bridgehead atoms. The van der Waals surface area contributed by atoms with Gasteiger partial charge in [0, 0.05) is 28.8 Å². The number of thiophene rings is 1. The van der Waals surface area contributed by atoms with Gasteiger partial charge in [0.25, 0.3) is 5.56 Å². The fourth-order valence-corrected chi connectivity index (χ4v) is 5.47. The van der Waals surface area contributed by atoms with Crippen LogP contribution in [0.25, 0.3) is 10.2 Å². The highest BCUT2D eigenvalue weighted by Crippen LogP contribution is 2.33. The Hall–Kier alpha value is -2.18. The second kappa shape index (κ2) is 8.67. The molecule has 29 heavy (non-hydrogen) atoms. The highest BCUT2D eigenvalue weighted by Gasteiger charge is 2.20. The lowest BCUT2D eigenvalue weighted by Crippen LogP contribution is -2.34. The van der Waals surface area contributed by atoms with E-state index in [1.807, 2.05) is 31.2 Å². The molecule has 0 aliphatic heterocycles. The fourth-order valence-electron chi connectivity index (χ4n) is 3.97. The summed E-state index contributed by atoms with van der Waals surface area (Å²) in [6, 6.07) is 7.66. The van der Waals surface area contributed by atoms with Gasteiger partial charge >= 0.3 is 0 Å². The molecule has 1 atom stereocenters. The minimum Gasteiger partial charge on any atom is -0.353 e. The molecule has 0 saturated heterocycles. The van der Waals surface area contributed by atoms with Crippen LogP contribution in [0.2, 0.25) is 5.02 Å². The lowest BCUT2D eigenvalue weighted by molar-refractivity contribution is -0.121. The van der Waals surface area contributed by atoms with Crippen LogP contribution in [0.3, 0.4) is 0 Å². The van der Waals surface area contributed by atoms with Crippen LogP contribution in [0.15, 0.2) is 29.1 Å². The molecule has 0 saturated carbocycles. The molecule has 2 aromatic heterocycles. The highest BCUT2D eigenvalue weighted by molar-refractivity contribution is 7.18. The predicted molar refractivity (Wildman–Crippen MR) is 118 cm³/mol. The summed E-state index contributed by atoms with van der Waals surface area (Å²) in [5, 5.41) is 4.46. The third kappa shape index (κ3) is 4.70. The number of nitrogens with zero attached hydrogens (tertiary/aromatic N) is 1. The van der Waals surface area contributed by atoms with E-state index in [1.165, 1.54) is 16.9 Å². The number of amides is 1. The van der Waals surface area contributed by atoms with Crippen LogP contribution in [0, 0.1) is 0 Å². The average Bonchev–Trinajstić information content (AvgIpc) is 3.05. The van der Waals surface area contributed by atoms with E-state index < -0.39 is 0 Å². The molecule has 1 aromatic carbocycles. The van der Waals surface area contributed by atoms with E-state index in [9.17, 15) is 9.59 Å². The third-order valence-electron chi connectivity index (χ3n) is 5.30. The number of carbonyl (C=O) groups excluding carboxylic acids is 1. The monoisotopic (exact) mass is 429 g/mol. The smallest absolute Gasteiger partial charge is 0.259 e. The average molecular weight is 430 g/mol. The van der Waals surface area contributed by atoms with Crippen LogP contribution in [-0.2, 0) is 30.5 Å². The Balaban J connectivity index is 1.37. The maximum absolute atomic E-state index is 12.6. The van der Waals surface area contributed by atoms with Gasteiger partial charge in [-0.1, -0.05) is 23.7 Å². The van der Waals surface area contributed by atoms with Gasteiger partial charge in [-0.25, -0.2) is 4.98 Å². The topological polar surface area (TPSA) is 74.8 Å². The molecule has 0 radical (unpaired) electrons. The number of nitrogens with one attached hydrogen (secondary N) is 2. The van der Waals surface area contributed by atoms with E-state index in [1.54, 1.807) is 11.3 Å². The van der Waals surface area contributed by atoms with Crippen molar-refractivity contribution in [3.8, 4) is 0 Å².